The van der Waals surface area contributed by atoms with Gasteiger partial charge in [-0.1, -0.05) is 12.1 Å². The molecule has 3 fully saturated rings. The molecule has 1 N–H and O–H groups in total. The summed E-state index contributed by atoms with van der Waals surface area (Å²) in [5.74, 6) is -4.16. The minimum atomic E-state index is -3.51. The van der Waals surface area contributed by atoms with Crippen LogP contribution in [0.3, 0.4) is 0 Å². The third kappa shape index (κ3) is 5.62. The quantitative estimate of drug-likeness (QED) is 0.433. The van der Waals surface area contributed by atoms with Crippen LogP contribution in [0.15, 0.2) is 35.4 Å². The van der Waals surface area contributed by atoms with Gasteiger partial charge >= 0.3 is 5.92 Å². The van der Waals surface area contributed by atoms with E-state index in [0.717, 1.165) is 18.9 Å². The molecule has 0 spiro atoms. The van der Waals surface area contributed by atoms with Gasteiger partial charge in [-0.15, -0.1) is 0 Å². The second kappa shape index (κ2) is 11.5. The van der Waals surface area contributed by atoms with E-state index in [-0.39, 0.29) is 36.1 Å². The van der Waals surface area contributed by atoms with Crippen molar-refractivity contribution in [3.8, 4) is 0 Å². The van der Waals surface area contributed by atoms with Gasteiger partial charge in [0.2, 0.25) is 5.91 Å². The smallest absolute Gasteiger partial charge is 0.302 e. The number of piperidine rings is 1. The highest BCUT2D eigenvalue weighted by molar-refractivity contribution is 5.87. The van der Waals surface area contributed by atoms with Gasteiger partial charge < -0.3 is 15.0 Å². The van der Waals surface area contributed by atoms with Crippen molar-refractivity contribution >= 4 is 22.8 Å². The highest BCUT2D eigenvalue weighted by Gasteiger charge is 2.48. The molecule has 9 nitrogen and oxygen atoms in total. The number of rotatable bonds is 7. The minimum absolute atomic E-state index is 0.0132. The van der Waals surface area contributed by atoms with Crippen molar-refractivity contribution in [2.75, 3.05) is 38.1 Å². The van der Waals surface area contributed by atoms with Gasteiger partial charge in [0.1, 0.15) is 29.7 Å². The van der Waals surface area contributed by atoms with Crippen molar-refractivity contribution in [3.63, 3.8) is 0 Å². The van der Waals surface area contributed by atoms with Crippen LogP contribution in [0.25, 0.3) is 11.0 Å². The van der Waals surface area contributed by atoms with Crippen LogP contribution in [0.5, 0.6) is 0 Å². The van der Waals surface area contributed by atoms with Gasteiger partial charge in [0.25, 0.3) is 5.56 Å². The number of nitrogens with zero attached hydrogens (tertiary/aromatic N) is 5. The highest BCUT2D eigenvalue weighted by Crippen LogP contribution is 2.40. The van der Waals surface area contributed by atoms with Gasteiger partial charge in [0, 0.05) is 57.3 Å². The lowest BCUT2D eigenvalue weighted by Gasteiger charge is -2.37. The number of hydrogen-bond donors (Lipinski definition) is 1. The van der Waals surface area contributed by atoms with Gasteiger partial charge in [0.15, 0.2) is 0 Å². The molecule has 6 rings (SSSR count). The fourth-order valence-electron chi connectivity index (χ4n) is 6.46. The summed E-state index contributed by atoms with van der Waals surface area (Å²) in [6.45, 7) is 5.23. The molecule has 4 heterocycles. The van der Waals surface area contributed by atoms with E-state index in [4.69, 9.17) is 4.74 Å². The standard InChI is InChI=1S/C31H37F3N6O3/c1-18(22-5-4-6-25(27(22)32)31(33,34)26-16-40(13-14-43-26)21-7-8-21)37-28-24-15-23(20-9-11-39(12-10-20)19(2)41)30(42)38(3)29(24)36-17-35-28/h4-6,15,17-18,20-21,26H,7-14,16H2,1-3H3,(H,35,36,37). The molecule has 2 aliphatic heterocycles. The summed E-state index contributed by atoms with van der Waals surface area (Å²) >= 11 is 0. The molecule has 43 heavy (non-hydrogen) atoms. The molecule has 2 unspecified atom stereocenters. The zero-order chi connectivity index (χ0) is 30.5. The van der Waals surface area contributed by atoms with Gasteiger partial charge in [-0.25, -0.2) is 14.4 Å². The normalized spacial score (nSPS) is 21.3. The molecular formula is C31H37F3N6O3. The number of carbonyl (C=O) groups excluding carboxylic acids is 1. The third-order valence-corrected chi connectivity index (χ3v) is 9.19. The first-order valence-corrected chi connectivity index (χ1v) is 14.9. The van der Waals surface area contributed by atoms with Crippen LogP contribution in [0.2, 0.25) is 0 Å². The van der Waals surface area contributed by atoms with Crippen molar-refractivity contribution in [3.05, 3.63) is 63.5 Å². The van der Waals surface area contributed by atoms with E-state index in [9.17, 15) is 9.59 Å². The Morgan fingerprint density at radius 1 is 1.14 bits per heavy atom. The van der Waals surface area contributed by atoms with E-state index in [1.807, 2.05) is 4.90 Å². The Balaban J connectivity index is 1.28. The monoisotopic (exact) mass is 598 g/mol. The number of anilines is 1. The highest BCUT2D eigenvalue weighted by atomic mass is 19.3. The molecule has 2 saturated heterocycles. The van der Waals surface area contributed by atoms with Crippen LogP contribution in [-0.2, 0) is 22.5 Å². The number of amides is 1. The Kier molecular flexibility index (Phi) is 7.93. The number of fused-ring (bicyclic) bond motifs is 1. The lowest BCUT2D eigenvalue weighted by atomic mass is 9.89. The predicted molar refractivity (Wildman–Crippen MR) is 156 cm³/mol. The maximum Gasteiger partial charge on any atom is 0.302 e. The van der Waals surface area contributed by atoms with Gasteiger partial charge in [-0.05, 0) is 50.7 Å². The van der Waals surface area contributed by atoms with Crippen molar-refractivity contribution in [1.82, 2.24) is 24.3 Å². The van der Waals surface area contributed by atoms with Crippen molar-refractivity contribution < 1.29 is 22.7 Å². The van der Waals surface area contributed by atoms with Crippen LogP contribution in [0.1, 0.15) is 68.2 Å². The molecule has 0 bridgehead atoms. The molecule has 2 aromatic heterocycles. The number of carbonyl (C=O) groups is 1. The molecular weight excluding hydrogens is 561 g/mol. The molecule has 12 heteroatoms. The molecule has 2 atom stereocenters. The number of alkyl halides is 2. The summed E-state index contributed by atoms with van der Waals surface area (Å²) in [5.41, 5.74) is 0.216. The largest absolute Gasteiger partial charge is 0.369 e. The van der Waals surface area contributed by atoms with Crippen molar-refractivity contribution in [1.29, 1.82) is 0 Å². The molecule has 0 radical (unpaired) electrons. The summed E-state index contributed by atoms with van der Waals surface area (Å²) in [5, 5.41) is 3.75. The maximum atomic E-state index is 15.9. The molecule has 1 saturated carbocycles. The lowest BCUT2D eigenvalue weighted by Crippen LogP contribution is -2.50. The maximum absolute atomic E-state index is 15.9. The number of hydrogen-bond acceptors (Lipinski definition) is 7. The number of halogens is 3. The fraction of sp³-hybridized carbons (Fsp3) is 0.548. The first kappa shape index (κ1) is 29.6. The molecule has 3 aliphatic rings. The Labute approximate surface area is 248 Å². The van der Waals surface area contributed by atoms with Crippen LogP contribution in [0, 0.1) is 5.82 Å². The predicted octanol–water partition coefficient (Wildman–Crippen LogP) is 4.32. The minimum Gasteiger partial charge on any atom is -0.369 e. The SMILES string of the molecule is CC(=O)N1CCC(c2cc3c(NC(C)c4cccc(C(F)(F)C5CN(C6CC6)CCO5)c4F)ncnc3n(C)c2=O)CC1. The van der Waals surface area contributed by atoms with E-state index in [1.54, 1.807) is 24.9 Å². The van der Waals surface area contributed by atoms with Crippen molar-refractivity contribution in [2.45, 2.75) is 69.6 Å². The summed E-state index contributed by atoms with van der Waals surface area (Å²) in [4.78, 5) is 37.6. The van der Waals surface area contributed by atoms with Crippen LogP contribution in [-0.4, -0.2) is 75.2 Å². The van der Waals surface area contributed by atoms with Gasteiger partial charge in [-0.2, -0.15) is 8.78 Å². The van der Waals surface area contributed by atoms with Crippen LogP contribution >= 0.6 is 0 Å². The molecule has 1 amide bonds. The lowest BCUT2D eigenvalue weighted by molar-refractivity contribution is -0.174. The summed E-state index contributed by atoms with van der Waals surface area (Å²) in [7, 11) is 1.64. The number of aromatic nitrogens is 3. The zero-order valence-corrected chi connectivity index (χ0v) is 24.7. The summed E-state index contributed by atoms with van der Waals surface area (Å²) < 4.78 is 54.3. The van der Waals surface area contributed by atoms with E-state index < -0.39 is 29.4 Å². The van der Waals surface area contributed by atoms with E-state index in [0.29, 0.717) is 60.9 Å². The Bertz CT molecular complexity index is 1580. The number of pyridine rings is 1. The Hall–Kier alpha value is -3.51. The molecule has 3 aromatic rings. The average Bonchev–Trinajstić information content (AvgIpc) is 3.85. The van der Waals surface area contributed by atoms with Crippen LogP contribution < -0.4 is 10.9 Å². The summed E-state index contributed by atoms with van der Waals surface area (Å²) in [6, 6.07) is 5.41. The Morgan fingerprint density at radius 2 is 1.88 bits per heavy atom. The Morgan fingerprint density at radius 3 is 2.58 bits per heavy atom. The number of nitrogens with one attached hydrogen (secondary N) is 1. The van der Waals surface area contributed by atoms with Gasteiger partial charge in [0.05, 0.1) is 23.6 Å². The zero-order valence-electron chi connectivity index (χ0n) is 24.7. The van der Waals surface area contributed by atoms with E-state index >= 15 is 13.2 Å². The number of morpholine rings is 1. The fourth-order valence-corrected chi connectivity index (χ4v) is 6.46. The number of aryl methyl sites for hydroxylation is 1. The van der Waals surface area contributed by atoms with E-state index in [1.165, 1.54) is 30.0 Å². The number of benzene rings is 1. The third-order valence-electron chi connectivity index (χ3n) is 9.19. The number of ether oxygens (including phenoxy) is 1. The summed E-state index contributed by atoms with van der Waals surface area (Å²) in [6.07, 6.45) is 3.19. The molecule has 1 aliphatic carbocycles. The van der Waals surface area contributed by atoms with Crippen molar-refractivity contribution in [2.24, 2.45) is 7.05 Å². The first-order chi connectivity index (χ1) is 20.6. The van der Waals surface area contributed by atoms with E-state index in [2.05, 4.69) is 15.3 Å². The average molecular weight is 599 g/mol. The number of likely N-dealkylation sites (tertiary alicyclic amines) is 1. The van der Waals surface area contributed by atoms with Crippen LogP contribution in [0.4, 0.5) is 19.0 Å². The molecule has 230 valence electrons. The topological polar surface area (TPSA) is 92.6 Å². The second-order valence-electron chi connectivity index (χ2n) is 12.0. The van der Waals surface area contributed by atoms with Gasteiger partial charge in [-0.3, -0.25) is 19.1 Å². The first-order valence-electron chi connectivity index (χ1n) is 14.9. The second-order valence-corrected chi connectivity index (χ2v) is 12.0. The molecule has 1 aromatic carbocycles.